The molecule has 0 aromatic heterocycles. The van der Waals surface area contributed by atoms with Gasteiger partial charge in [0.05, 0.1) is 11.4 Å². The third-order valence-electron chi connectivity index (χ3n) is 25.3. The van der Waals surface area contributed by atoms with E-state index in [0.29, 0.717) is 0 Å². The summed E-state index contributed by atoms with van der Waals surface area (Å²) in [5.41, 5.74) is 33.0. The van der Waals surface area contributed by atoms with Crippen LogP contribution in [0.3, 0.4) is 0 Å². The van der Waals surface area contributed by atoms with Crippen molar-refractivity contribution in [3.05, 3.63) is 435 Å². The summed E-state index contributed by atoms with van der Waals surface area (Å²) in [6.07, 6.45) is 0. The van der Waals surface area contributed by atoms with E-state index in [9.17, 15) is 0 Å². The zero-order valence-electron chi connectivity index (χ0n) is 65.2. The average Bonchev–Trinajstić information content (AvgIpc) is 1.61. The number of benzene rings is 20. The number of anilines is 6. The maximum atomic E-state index is 2.53. The second kappa shape index (κ2) is 27.2. The van der Waals surface area contributed by atoms with Gasteiger partial charge in [0, 0.05) is 44.7 Å². The van der Waals surface area contributed by atoms with Crippen LogP contribution in [-0.2, 0) is 10.8 Å². The van der Waals surface area contributed by atoms with E-state index in [1.165, 1.54) is 154 Å². The number of rotatable bonds is 13. The normalized spacial score (nSPS) is 13.0. The maximum Gasteiger partial charge on any atom is 0.0540 e. The summed E-state index contributed by atoms with van der Waals surface area (Å²) in [5, 5.41) is 14.6. The molecule has 20 aromatic rings. The Hall–Kier alpha value is -14.4. The minimum absolute atomic E-state index is 0.288. The van der Waals surface area contributed by atoms with E-state index in [2.05, 4.69) is 450 Å². The molecule has 0 atom stereocenters. The van der Waals surface area contributed by atoms with Crippen LogP contribution in [0.2, 0.25) is 0 Å². The molecule has 2 aliphatic rings. The highest BCUT2D eigenvalue weighted by Crippen LogP contribution is 2.56. The summed E-state index contributed by atoms with van der Waals surface area (Å²) < 4.78 is 0. The van der Waals surface area contributed by atoms with Gasteiger partial charge >= 0.3 is 0 Å². The summed E-state index contributed by atoms with van der Waals surface area (Å²) in [5.74, 6) is 0. The Morgan fingerprint density at radius 3 is 1.08 bits per heavy atom. The quantitative estimate of drug-likeness (QED) is 0.0838. The van der Waals surface area contributed by atoms with E-state index in [1.807, 2.05) is 0 Å². The molecule has 0 saturated heterocycles. The molecule has 0 fully saturated rings. The molecule has 0 radical (unpaired) electrons. The number of hydrogen-bond donors (Lipinski definition) is 0. The minimum Gasteiger partial charge on any atom is -0.310 e. The molecule has 0 heterocycles. The van der Waals surface area contributed by atoms with E-state index < -0.39 is 0 Å². The van der Waals surface area contributed by atoms with Crippen molar-refractivity contribution in [2.24, 2.45) is 0 Å². The van der Waals surface area contributed by atoms with Crippen LogP contribution in [0.25, 0.3) is 165 Å². The number of hydrogen-bond acceptors (Lipinski definition) is 2. The zero-order valence-corrected chi connectivity index (χ0v) is 65.2. The highest BCUT2D eigenvalue weighted by Gasteiger charge is 2.39. The Balaban J connectivity index is 0.669. The molecule has 2 heteroatoms. The van der Waals surface area contributed by atoms with Crippen LogP contribution < -0.4 is 9.80 Å². The van der Waals surface area contributed by atoms with Gasteiger partial charge in [-0.1, -0.05) is 331 Å². The van der Waals surface area contributed by atoms with Crippen molar-refractivity contribution < 1.29 is 0 Å². The van der Waals surface area contributed by atoms with Gasteiger partial charge in [-0.2, -0.15) is 0 Å². The SMILES string of the molecule is CC1(C)c2cc(-c3cccc4ccccc34)ccc2-c2ccc(N(c3ccc4cc5cc(-c6ccc(N(c7ccc8c(c7)C(C)(C)c7cc(-c9cccc%10ccccc9%10)ccc7-8)c7ccc8c(ccc9ccccc98)c7)c(-c7cccc(-c8ccccc8)c7)c6)ccc5cc4c3)c3ccccc3-c3cccc(-c4ccccc4)c3)cc21. The molecule has 22 rings (SSSR count). The summed E-state index contributed by atoms with van der Waals surface area (Å²) in [6, 6.07) is 155. The molecule has 20 aromatic carbocycles. The van der Waals surface area contributed by atoms with Crippen molar-refractivity contribution in [3.63, 3.8) is 0 Å². The summed E-state index contributed by atoms with van der Waals surface area (Å²) in [7, 11) is 0. The average molecular weight is 1480 g/mol. The summed E-state index contributed by atoms with van der Waals surface area (Å²) >= 11 is 0. The Kier molecular flexibility index (Phi) is 16.0. The van der Waals surface area contributed by atoms with Gasteiger partial charge in [0.25, 0.3) is 0 Å². The summed E-state index contributed by atoms with van der Waals surface area (Å²) in [4.78, 5) is 5.03. The van der Waals surface area contributed by atoms with Crippen molar-refractivity contribution in [2.45, 2.75) is 38.5 Å². The van der Waals surface area contributed by atoms with Crippen LogP contribution in [0.1, 0.15) is 49.9 Å². The highest BCUT2D eigenvalue weighted by atomic mass is 15.2. The molecule has 0 bridgehead atoms. The molecular formula is C114H80N2. The van der Waals surface area contributed by atoms with Gasteiger partial charge in [0.15, 0.2) is 0 Å². The first-order valence-electron chi connectivity index (χ1n) is 40.6. The maximum absolute atomic E-state index is 2.53. The Bertz CT molecular complexity index is 7390. The molecule has 0 unspecified atom stereocenters. The van der Waals surface area contributed by atoms with E-state index in [-0.39, 0.29) is 10.8 Å². The largest absolute Gasteiger partial charge is 0.310 e. The number of para-hydroxylation sites is 1. The van der Waals surface area contributed by atoms with Crippen LogP contribution in [0, 0.1) is 0 Å². The van der Waals surface area contributed by atoms with Crippen molar-refractivity contribution >= 4 is 98.8 Å². The smallest absolute Gasteiger partial charge is 0.0540 e. The van der Waals surface area contributed by atoms with Crippen LogP contribution in [0.4, 0.5) is 34.1 Å². The molecule has 0 amide bonds. The molecular weight excluding hydrogens is 1400 g/mol. The Labute approximate surface area is 677 Å². The molecule has 0 N–H and O–H groups in total. The van der Waals surface area contributed by atoms with Crippen LogP contribution in [0.15, 0.2) is 413 Å². The minimum atomic E-state index is -0.306. The van der Waals surface area contributed by atoms with E-state index >= 15 is 0 Å². The van der Waals surface area contributed by atoms with Crippen molar-refractivity contribution in [1.82, 2.24) is 0 Å². The van der Waals surface area contributed by atoms with E-state index in [1.54, 1.807) is 0 Å². The van der Waals surface area contributed by atoms with Gasteiger partial charge < -0.3 is 9.80 Å². The highest BCUT2D eigenvalue weighted by molar-refractivity contribution is 6.10. The topological polar surface area (TPSA) is 6.48 Å². The predicted molar refractivity (Wildman–Crippen MR) is 494 cm³/mol. The monoisotopic (exact) mass is 1480 g/mol. The van der Waals surface area contributed by atoms with Gasteiger partial charge in [0.1, 0.15) is 0 Å². The molecule has 2 aliphatic carbocycles. The van der Waals surface area contributed by atoms with E-state index in [0.717, 1.165) is 67.5 Å². The van der Waals surface area contributed by atoms with E-state index in [4.69, 9.17) is 0 Å². The van der Waals surface area contributed by atoms with Gasteiger partial charge in [-0.25, -0.2) is 0 Å². The van der Waals surface area contributed by atoms with Crippen molar-refractivity contribution in [1.29, 1.82) is 0 Å². The lowest BCUT2D eigenvalue weighted by Crippen LogP contribution is -2.17. The first-order chi connectivity index (χ1) is 57.0. The van der Waals surface area contributed by atoms with Gasteiger partial charge in [-0.15, -0.1) is 0 Å². The second-order valence-corrected chi connectivity index (χ2v) is 32.7. The van der Waals surface area contributed by atoms with Gasteiger partial charge in [0.2, 0.25) is 0 Å². The van der Waals surface area contributed by atoms with Crippen LogP contribution in [0.5, 0.6) is 0 Å². The molecule has 0 spiro atoms. The number of fused-ring (bicyclic) bond motifs is 13. The lowest BCUT2D eigenvalue weighted by molar-refractivity contribution is 0.660. The van der Waals surface area contributed by atoms with Crippen LogP contribution >= 0.6 is 0 Å². The van der Waals surface area contributed by atoms with Crippen LogP contribution in [-0.4, -0.2) is 0 Å². The third kappa shape index (κ3) is 11.5. The fraction of sp³-hybridized carbons (Fsp3) is 0.0526. The fourth-order valence-corrected chi connectivity index (χ4v) is 19.4. The van der Waals surface area contributed by atoms with Gasteiger partial charge in [-0.05, 0) is 285 Å². The zero-order chi connectivity index (χ0) is 77.3. The third-order valence-corrected chi connectivity index (χ3v) is 25.3. The first kappa shape index (κ1) is 68.4. The molecule has 0 saturated carbocycles. The lowest BCUT2D eigenvalue weighted by atomic mass is 9.81. The molecule has 546 valence electrons. The molecule has 0 aliphatic heterocycles. The predicted octanol–water partition coefficient (Wildman–Crippen LogP) is 31.8. The second-order valence-electron chi connectivity index (χ2n) is 32.7. The van der Waals surface area contributed by atoms with Gasteiger partial charge in [-0.3, -0.25) is 0 Å². The van der Waals surface area contributed by atoms with Crippen molar-refractivity contribution in [2.75, 3.05) is 9.80 Å². The van der Waals surface area contributed by atoms with Crippen molar-refractivity contribution in [3.8, 4) is 100 Å². The molecule has 2 nitrogen and oxygen atoms in total. The molecule has 116 heavy (non-hydrogen) atoms. The fourth-order valence-electron chi connectivity index (χ4n) is 19.4. The first-order valence-corrected chi connectivity index (χ1v) is 40.6. The lowest BCUT2D eigenvalue weighted by Gasteiger charge is -2.30. The Morgan fingerprint density at radius 1 is 0.155 bits per heavy atom. The standard InChI is InChI=1S/C114H80N2/c1-113(2)107-69-87(98-40-21-30-75-27-11-14-36-95(75)98)48-55-102(107)104-58-53-93(71-109(104)113)115(111-42-18-17-39-101(111)84-34-19-32-78(61-84)73-23-7-5-8-24-73)91-51-47-82-64-89-63-80(44-45-81(89)65-90(82)67-91)83-50-60-112(106(68-83)85-35-20-33-79(62-85)74-25-9-6-10-26-74)116(92-52-57-100-86(66-92)46-43-77-29-13-16-38-97(77)100)94-54-59-105-103-56-49-88(70-108(103)114(3,4)110(105)72-94)99-41-22-31-76-28-12-15-37-96(76)99/h5-72H,1-4H3. The Morgan fingerprint density at radius 2 is 0.491 bits per heavy atom. The number of nitrogens with zero attached hydrogens (tertiary/aromatic N) is 2. The summed E-state index contributed by atoms with van der Waals surface area (Å²) in [6.45, 7) is 9.65.